The number of fused-ring (bicyclic) bond motifs is 1. The number of pyridine rings is 1. The van der Waals surface area contributed by atoms with E-state index in [0.29, 0.717) is 11.3 Å². The van der Waals surface area contributed by atoms with Crippen LogP contribution in [0.2, 0.25) is 0 Å². The molecule has 6 heteroatoms. The molecule has 3 aromatic rings. The van der Waals surface area contributed by atoms with E-state index in [2.05, 4.69) is 9.97 Å². The van der Waals surface area contributed by atoms with Gasteiger partial charge in [-0.1, -0.05) is 6.07 Å². The van der Waals surface area contributed by atoms with Gasteiger partial charge in [-0.15, -0.1) is 0 Å². The molecule has 2 aromatic heterocycles. The molecule has 2 heterocycles. The Hall–Kier alpha value is -2.76. The second kappa shape index (κ2) is 3.92. The number of nitrogens with zero attached hydrogens (tertiary/aromatic N) is 4. The summed E-state index contributed by atoms with van der Waals surface area (Å²) in [6.07, 6.45) is 3.27. The van der Waals surface area contributed by atoms with Crippen LogP contribution in [0.5, 0.6) is 0 Å². The van der Waals surface area contributed by atoms with Gasteiger partial charge in [-0.25, -0.2) is 9.97 Å². The average molecular weight is 240 g/mol. The highest BCUT2D eigenvalue weighted by molar-refractivity contribution is 5.73. The van der Waals surface area contributed by atoms with Gasteiger partial charge in [-0.2, -0.15) is 0 Å². The smallest absolute Gasteiger partial charge is 0.271 e. The van der Waals surface area contributed by atoms with Gasteiger partial charge in [0.15, 0.2) is 5.65 Å². The van der Waals surface area contributed by atoms with Gasteiger partial charge >= 0.3 is 0 Å². The molecule has 0 radical (unpaired) electrons. The van der Waals surface area contributed by atoms with Crippen molar-refractivity contribution in [3.63, 3.8) is 0 Å². The summed E-state index contributed by atoms with van der Waals surface area (Å²) in [5, 5.41) is 10.8. The van der Waals surface area contributed by atoms with Crippen molar-refractivity contribution in [1.82, 2.24) is 14.5 Å². The first-order chi connectivity index (χ1) is 8.75. The number of hydrogen-bond donors (Lipinski definition) is 0. The number of nitro groups is 1. The lowest BCUT2D eigenvalue weighted by Crippen LogP contribution is -1.94. The topological polar surface area (TPSA) is 73.8 Å². The largest absolute Gasteiger partial charge is 0.297 e. The Bertz CT molecular complexity index is 736. The molecule has 0 fully saturated rings. The van der Waals surface area contributed by atoms with Gasteiger partial charge in [-0.3, -0.25) is 14.7 Å². The molecule has 1 aromatic carbocycles. The maximum absolute atomic E-state index is 10.8. The van der Waals surface area contributed by atoms with Crippen molar-refractivity contribution in [3.05, 3.63) is 59.0 Å². The first-order valence-corrected chi connectivity index (χ1v) is 5.28. The van der Waals surface area contributed by atoms with Crippen LogP contribution in [0.15, 0.2) is 48.9 Å². The van der Waals surface area contributed by atoms with Gasteiger partial charge in [0.1, 0.15) is 6.33 Å². The van der Waals surface area contributed by atoms with Crippen LogP contribution in [0.25, 0.3) is 16.9 Å². The lowest BCUT2D eigenvalue weighted by molar-refractivity contribution is -0.384. The summed E-state index contributed by atoms with van der Waals surface area (Å²) in [5.41, 5.74) is 2.18. The number of imidazole rings is 1. The minimum absolute atomic E-state index is 0.0539. The van der Waals surface area contributed by atoms with Crippen molar-refractivity contribution >= 4 is 16.9 Å². The fourth-order valence-electron chi connectivity index (χ4n) is 1.81. The van der Waals surface area contributed by atoms with E-state index in [-0.39, 0.29) is 5.69 Å². The molecule has 0 atom stereocenters. The Kier molecular flexibility index (Phi) is 2.26. The zero-order chi connectivity index (χ0) is 12.5. The summed E-state index contributed by atoms with van der Waals surface area (Å²) in [7, 11) is 0. The maximum Gasteiger partial charge on any atom is 0.271 e. The van der Waals surface area contributed by atoms with E-state index in [0.717, 1.165) is 5.52 Å². The minimum Gasteiger partial charge on any atom is -0.297 e. The van der Waals surface area contributed by atoms with Crippen LogP contribution in [0.4, 0.5) is 5.69 Å². The first kappa shape index (κ1) is 10.4. The van der Waals surface area contributed by atoms with Gasteiger partial charge in [-0.05, 0) is 18.2 Å². The number of rotatable bonds is 2. The van der Waals surface area contributed by atoms with Crippen LogP contribution < -0.4 is 0 Å². The van der Waals surface area contributed by atoms with Crippen molar-refractivity contribution in [2.24, 2.45) is 0 Å². The highest BCUT2D eigenvalue weighted by Crippen LogP contribution is 2.20. The quantitative estimate of drug-likeness (QED) is 0.509. The van der Waals surface area contributed by atoms with E-state index >= 15 is 0 Å². The highest BCUT2D eigenvalue weighted by atomic mass is 16.6. The maximum atomic E-state index is 10.8. The van der Waals surface area contributed by atoms with Gasteiger partial charge in [0.2, 0.25) is 0 Å². The standard InChI is InChI=1S/C12H8N4O2/c17-16(18)10-4-1-3-9(7-10)15-8-14-12-11(15)5-2-6-13-12/h1-8H. The van der Waals surface area contributed by atoms with Crippen LogP contribution in [0.1, 0.15) is 0 Å². The minimum atomic E-state index is -0.416. The molecule has 0 saturated heterocycles. The lowest BCUT2D eigenvalue weighted by Gasteiger charge is -2.03. The van der Waals surface area contributed by atoms with E-state index in [1.165, 1.54) is 12.1 Å². The second-order valence-electron chi connectivity index (χ2n) is 3.74. The molecule has 6 nitrogen and oxygen atoms in total. The number of aromatic nitrogens is 3. The second-order valence-corrected chi connectivity index (χ2v) is 3.74. The summed E-state index contributed by atoms with van der Waals surface area (Å²) in [5.74, 6) is 0. The predicted octanol–water partition coefficient (Wildman–Crippen LogP) is 2.33. The normalized spacial score (nSPS) is 10.7. The van der Waals surface area contributed by atoms with Gasteiger partial charge in [0, 0.05) is 18.3 Å². The molecular formula is C12H8N4O2. The van der Waals surface area contributed by atoms with E-state index in [1.807, 2.05) is 6.07 Å². The molecule has 88 valence electrons. The Morgan fingerprint density at radius 1 is 1.17 bits per heavy atom. The molecule has 18 heavy (non-hydrogen) atoms. The molecule has 0 aliphatic carbocycles. The summed E-state index contributed by atoms with van der Waals surface area (Å²) >= 11 is 0. The zero-order valence-electron chi connectivity index (χ0n) is 9.22. The van der Waals surface area contributed by atoms with Crippen LogP contribution in [-0.2, 0) is 0 Å². The van der Waals surface area contributed by atoms with Crippen LogP contribution in [-0.4, -0.2) is 19.5 Å². The average Bonchev–Trinajstić information content (AvgIpc) is 2.82. The molecule has 0 amide bonds. The molecule has 0 aliphatic heterocycles. The molecule has 0 spiro atoms. The molecule has 0 bridgehead atoms. The van der Waals surface area contributed by atoms with Crippen LogP contribution in [0.3, 0.4) is 0 Å². The van der Waals surface area contributed by atoms with Crippen LogP contribution in [0, 0.1) is 10.1 Å². The predicted molar refractivity (Wildman–Crippen MR) is 65.5 cm³/mol. The molecule has 0 aliphatic rings. The zero-order valence-corrected chi connectivity index (χ0v) is 9.22. The van der Waals surface area contributed by atoms with Crippen molar-refractivity contribution in [3.8, 4) is 5.69 Å². The van der Waals surface area contributed by atoms with E-state index in [9.17, 15) is 10.1 Å². The number of non-ortho nitro benzene ring substituents is 1. The van der Waals surface area contributed by atoms with Crippen molar-refractivity contribution < 1.29 is 4.92 Å². The first-order valence-electron chi connectivity index (χ1n) is 5.28. The third kappa shape index (κ3) is 1.60. The molecular weight excluding hydrogens is 232 g/mol. The fraction of sp³-hybridized carbons (Fsp3) is 0. The summed E-state index contributed by atoms with van der Waals surface area (Å²) < 4.78 is 1.77. The molecule has 0 N–H and O–H groups in total. The fourth-order valence-corrected chi connectivity index (χ4v) is 1.81. The Balaban J connectivity index is 2.20. The number of nitro benzene ring substituents is 1. The summed E-state index contributed by atoms with van der Waals surface area (Å²) in [6.45, 7) is 0. The van der Waals surface area contributed by atoms with E-state index in [1.54, 1.807) is 35.3 Å². The van der Waals surface area contributed by atoms with Crippen LogP contribution >= 0.6 is 0 Å². The number of benzene rings is 1. The van der Waals surface area contributed by atoms with E-state index in [4.69, 9.17) is 0 Å². The van der Waals surface area contributed by atoms with Crippen molar-refractivity contribution in [2.45, 2.75) is 0 Å². The number of hydrogen-bond acceptors (Lipinski definition) is 4. The highest BCUT2D eigenvalue weighted by Gasteiger charge is 2.09. The Morgan fingerprint density at radius 3 is 2.89 bits per heavy atom. The van der Waals surface area contributed by atoms with E-state index < -0.39 is 4.92 Å². The van der Waals surface area contributed by atoms with Gasteiger partial charge in [0.25, 0.3) is 5.69 Å². The van der Waals surface area contributed by atoms with Crippen molar-refractivity contribution in [1.29, 1.82) is 0 Å². The Labute approximate surface area is 102 Å². The Morgan fingerprint density at radius 2 is 2.06 bits per heavy atom. The third-order valence-corrected chi connectivity index (χ3v) is 2.64. The molecule has 0 saturated carbocycles. The summed E-state index contributed by atoms with van der Waals surface area (Å²) in [6, 6.07) is 10.1. The van der Waals surface area contributed by atoms with Gasteiger partial charge in [0.05, 0.1) is 16.1 Å². The lowest BCUT2D eigenvalue weighted by atomic mass is 10.2. The van der Waals surface area contributed by atoms with Crippen molar-refractivity contribution in [2.75, 3.05) is 0 Å². The molecule has 3 rings (SSSR count). The SMILES string of the molecule is O=[N+]([O-])c1cccc(-n2cnc3ncccc32)c1. The molecule has 0 unspecified atom stereocenters. The van der Waals surface area contributed by atoms with Gasteiger partial charge < -0.3 is 0 Å². The monoisotopic (exact) mass is 240 g/mol. The summed E-state index contributed by atoms with van der Waals surface area (Å²) in [4.78, 5) is 18.6. The third-order valence-electron chi connectivity index (χ3n) is 2.64.